The van der Waals surface area contributed by atoms with Gasteiger partial charge in [0.15, 0.2) is 11.6 Å². The van der Waals surface area contributed by atoms with E-state index in [9.17, 15) is 9.90 Å². The third-order valence-corrected chi connectivity index (χ3v) is 10.6. The van der Waals surface area contributed by atoms with E-state index in [1.54, 1.807) is 6.92 Å². The van der Waals surface area contributed by atoms with Crippen molar-refractivity contribution in [3.05, 3.63) is 0 Å². The largest absolute Gasteiger partial charge is 0.382 e. The molecule has 4 aliphatic carbocycles. The average Bonchev–Trinajstić information content (AvgIpc) is 3.02. The average molecular weight is 391 g/mol. The van der Waals surface area contributed by atoms with Gasteiger partial charge in [-0.2, -0.15) is 0 Å². The van der Waals surface area contributed by atoms with Gasteiger partial charge in [-0.1, -0.05) is 13.8 Å². The van der Waals surface area contributed by atoms with Gasteiger partial charge in [0.1, 0.15) is 11.2 Å². The quantitative estimate of drug-likeness (QED) is 0.696. The summed E-state index contributed by atoms with van der Waals surface area (Å²) >= 11 is 0. The molecule has 0 aromatic carbocycles. The van der Waals surface area contributed by atoms with Crippen molar-refractivity contribution in [2.45, 2.75) is 95.2 Å². The molecule has 0 unspecified atom stereocenters. The van der Waals surface area contributed by atoms with E-state index in [0.29, 0.717) is 37.4 Å². The highest BCUT2D eigenvalue weighted by atomic mass is 16.7. The number of hydrogen-bond donors (Lipinski definition) is 1. The fourth-order valence-corrected chi connectivity index (χ4v) is 8.96. The molecule has 8 atom stereocenters. The van der Waals surface area contributed by atoms with Crippen LogP contribution >= 0.6 is 0 Å². The first-order valence-electron chi connectivity index (χ1n) is 11.4. The van der Waals surface area contributed by atoms with E-state index in [1.165, 1.54) is 0 Å². The second kappa shape index (κ2) is 5.22. The lowest BCUT2D eigenvalue weighted by molar-refractivity contribution is -0.228. The molecular weight excluding hydrogens is 356 g/mol. The zero-order valence-corrected chi connectivity index (χ0v) is 17.5. The topological polar surface area (TPSA) is 68.3 Å². The highest BCUT2D eigenvalue weighted by Gasteiger charge is 2.79. The molecule has 6 fully saturated rings. The number of aliphatic hydroxyl groups is 1. The van der Waals surface area contributed by atoms with Gasteiger partial charge in [-0.05, 0) is 63.2 Å². The van der Waals surface area contributed by atoms with E-state index in [0.717, 1.165) is 44.9 Å². The van der Waals surface area contributed by atoms with Crippen molar-refractivity contribution in [3.8, 4) is 0 Å². The number of ether oxygens (including phenoxy) is 3. The standard InChI is InChI=1S/C23H34O5/c1-14(24)22(25)7-5-16-15-12-18-23(28-18)13-21(26-10-11-27-21)9-8-20(23,3)17(15)4-6-19(16,22)2/h15-18,25H,4-13H2,1-3H3/t15-,16-,17-,18-,19-,20+,22+,23-/m0/s1. The maximum absolute atomic E-state index is 12.4. The summed E-state index contributed by atoms with van der Waals surface area (Å²) in [5.74, 6) is 1.14. The Morgan fingerprint density at radius 2 is 1.64 bits per heavy atom. The van der Waals surface area contributed by atoms with E-state index in [1.807, 2.05) is 0 Å². The van der Waals surface area contributed by atoms with Crippen molar-refractivity contribution in [3.63, 3.8) is 0 Å². The SMILES string of the molecule is CC(=O)[C@]1(O)CC[C@H]2[C@@H]3C[C@@H]4O[C@@]45CC4(CC[C@]5(C)[C@H]3CC[C@@]21C)OCCO4. The first-order valence-corrected chi connectivity index (χ1v) is 11.4. The third kappa shape index (κ3) is 1.87. The van der Waals surface area contributed by atoms with Gasteiger partial charge in [-0.3, -0.25) is 4.79 Å². The molecule has 2 aliphatic heterocycles. The molecule has 156 valence electrons. The molecule has 4 saturated carbocycles. The molecule has 2 saturated heterocycles. The predicted molar refractivity (Wildman–Crippen MR) is 101 cm³/mol. The van der Waals surface area contributed by atoms with Crippen molar-refractivity contribution in [2.24, 2.45) is 28.6 Å². The van der Waals surface area contributed by atoms with Crippen molar-refractivity contribution in [1.29, 1.82) is 0 Å². The van der Waals surface area contributed by atoms with Crippen LogP contribution in [0.1, 0.15) is 72.1 Å². The Morgan fingerprint density at radius 3 is 2.36 bits per heavy atom. The second-order valence-electron chi connectivity index (χ2n) is 11.2. The maximum atomic E-state index is 12.4. The highest BCUT2D eigenvalue weighted by molar-refractivity contribution is 5.86. The predicted octanol–water partition coefficient (Wildman–Crippen LogP) is 3.22. The molecule has 6 aliphatic rings. The second-order valence-corrected chi connectivity index (χ2v) is 11.2. The molecule has 1 N–H and O–H groups in total. The van der Waals surface area contributed by atoms with Crippen LogP contribution in [0.3, 0.4) is 0 Å². The zero-order valence-electron chi connectivity index (χ0n) is 17.5. The van der Waals surface area contributed by atoms with E-state index >= 15 is 0 Å². The Morgan fingerprint density at radius 1 is 0.964 bits per heavy atom. The van der Waals surface area contributed by atoms with Crippen LogP contribution in [-0.2, 0) is 19.0 Å². The minimum absolute atomic E-state index is 0.0369. The maximum Gasteiger partial charge on any atom is 0.171 e. The fraction of sp³-hybridized carbons (Fsp3) is 0.957. The summed E-state index contributed by atoms with van der Waals surface area (Å²) in [6.07, 6.45) is 7.94. The first kappa shape index (κ1) is 18.3. The molecular formula is C23H34O5. The van der Waals surface area contributed by atoms with Gasteiger partial charge in [0.25, 0.3) is 0 Å². The van der Waals surface area contributed by atoms with Crippen LogP contribution in [0.2, 0.25) is 0 Å². The first-order chi connectivity index (χ1) is 13.2. The molecule has 0 radical (unpaired) electrons. The van der Waals surface area contributed by atoms with E-state index < -0.39 is 11.4 Å². The van der Waals surface area contributed by atoms with Crippen molar-refractivity contribution >= 4 is 5.78 Å². The Balaban J connectivity index is 1.34. The smallest absolute Gasteiger partial charge is 0.171 e. The molecule has 2 heterocycles. The molecule has 2 spiro atoms. The van der Waals surface area contributed by atoms with Gasteiger partial charge in [-0.15, -0.1) is 0 Å². The lowest BCUT2D eigenvalue weighted by Gasteiger charge is -2.60. The number of Topliss-reactive ketones (excluding diaryl/α,β-unsaturated/α-hetero) is 1. The van der Waals surface area contributed by atoms with Crippen LogP contribution in [-0.4, -0.2) is 47.2 Å². The summed E-state index contributed by atoms with van der Waals surface area (Å²) in [5, 5.41) is 11.3. The van der Waals surface area contributed by atoms with Crippen LogP contribution in [0.25, 0.3) is 0 Å². The molecule has 5 heteroatoms. The summed E-state index contributed by atoms with van der Waals surface area (Å²) in [6, 6.07) is 0. The summed E-state index contributed by atoms with van der Waals surface area (Å²) in [5.41, 5.74) is -1.34. The van der Waals surface area contributed by atoms with Crippen molar-refractivity contribution < 1.29 is 24.1 Å². The number of rotatable bonds is 1. The lowest BCUT2D eigenvalue weighted by atomic mass is 9.44. The molecule has 0 amide bonds. The number of epoxide rings is 1. The molecule has 5 nitrogen and oxygen atoms in total. The number of fused-ring (bicyclic) bond motifs is 4. The molecule has 0 aromatic heterocycles. The fourth-order valence-electron chi connectivity index (χ4n) is 8.96. The van der Waals surface area contributed by atoms with E-state index in [-0.39, 0.29) is 28.3 Å². The highest BCUT2D eigenvalue weighted by Crippen LogP contribution is 2.75. The Labute approximate surface area is 167 Å². The number of hydrogen-bond acceptors (Lipinski definition) is 5. The summed E-state index contributed by atoms with van der Waals surface area (Å²) in [4.78, 5) is 12.4. The lowest BCUT2D eigenvalue weighted by Crippen LogP contribution is -2.62. The Bertz CT molecular complexity index is 731. The normalized spacial score (nSPS) is 58.6. The van der Waals surface area contributed by atoms with Crippen LogP contribution in [0.4, 0.5) is 0 Å². The minimum atomic E-state index is -1.13. The van der Waals surface area contributed by atoms with Gasteiger partial charge in [0.2, 0.25) is 0 Å². The van der Waals surface area contributed by atoms with Gasteiger partial charge < -0.3 is 19.3 Å². The Hall–Kier alpha value is -0.490. The van der Waals surface area contributed by atoms with Gasteiger partial charge in [-0.25, -0.2) is 0 Å². The monoisotopic (exact) mass is 390 g/mol. The molecule has 0 aromatic rings. The zero-order chi connectivity index (χ0) is 19.6. The molecule has 28 heavy (non-hydrogen) atoms. The number of carbonyl (C=O) groups excluding carboxylic acids is 1. The summed E-state index contributed by atoms with van der Waals surface area (Å²) in [6.45, 7) is 7.64. The molecule has 0 bridgehead atoms. The van der Waals surface area contributed by atoms with E-state index in [2.05, 4.69) is 13.8 Å². The van der Waals surface area contributed by atoms with Crippen LogP contribution in [0.15, 0.2) is 0 Å². The van der Waals surface area contributed by atoms with Crippen LogP contribution in [0.5, 0.6) is 0 Å². The van der Waals surface area contributed by atoms with E-state index in [4.69, 9.17) is 14.2 Å². The van der Waals surface area contributed by atoms with Crippen LogP contribution < -0.4 is 0 Å². The number of carbonyl (C=O) groups is 1. The minimum Gasteiger partial charge on any atom is -0.382 e. The molecule has 6 rings (SSSR count). The third-order valence-electron chi connectivity index (χ3n) is 10.6. The van der Waals surface area contributed by atoms with Crippen molar-refractivity contribution in [2.75, 3.05) is 13.2 Å². The Kier molecular flexibility index (Phi) is 3.41. The van der Waals surface area contributed by atoms with Crippen molar-refractivity contribution in [1.82, 2.24) is 0 Å². The summed E-state index contributed by atoms with van der Waals surface area (Å²) < 4.78 is 18.7. The van der Waals surface area contributed by atoms with Gasteiger partial charge >= 0.3 is 0 Å². The van der Waals surface area contributed by atoms with Gasteiger partial charge in [0.05, 0.1) is 19.3 Å². The van der Waals surface area contributed by atoms with Gasteiger partial charge in [0, 0.05) is 23.7 Å². The number of ketones is 1. The van der Waals surface area contributed by atoms with Crippen LogP contribution in [0, 0.1) is 28.6 Å². The summed E-state index contributed by atoms with van der Waals surface area (Å²) in [7, 11) is 0.